The Morgan fingerprint density at radius 2 is 1.82 bits per heavy atom. The monoisotopic (exact) mass is 532 g/mol. The van der Waals surface area contributed by atoms with Crippen LogP contribution >= 0.6 is 0 Å². The van der Waals surface area contributed by atoms with Gasteiger partial charge in [0.25, 0.3) is 11.8 Å². The van der Waals surface area contributed by atoms with E-state index in [1.54, 1.807) is 26.2 Å². The smallest absolute Gasteiger partial charge is 0.420 e. The summed E-state index contributed by atoms with van der Waals surface area (Å²) in [6.07, 6.45) is -2.75. The average molecular weight is 533 g/mol. The number of rotatable bonds is 9. The Balaban J connectivity index is 1.67. The molecular weight excluding hydrogens is 505 g/mol. The first-order chi connectivity index (χ1) is 18.0. The number of nitrogens with one attached hydrogen (secondary N) is 1. The number of ether oxygens (including phenoxy) is 3. The van der Waals surface area contributed by atoms with Gasteiger partial charge in [-0.25, -0.2) is 0 Å². The summed E-state index contributed by atoms with van der Waals surface area (Å²) in [4.78, 5) is 26.9. The number of carbonyl (C=O) groups excluding carboxylic acids is 2. The lowest BCUT2D eigenvalue weighted by Crippen LogP contribution is -2.42. The van der Waals surface area contributed by atoms with Crippen molar-refractivity contribution in [2.24, 2.45) is 7.05 Å². The van der Waals surface area contributed by atoms with Crippen molar-refractivity contribution < 1.29 is 37.0 Å². The molecule has 1 aromatic heterocycles. The molecule has 0 unspecified atom stereocenters. The van der Waals surface area contributed by atoms with Crippen LogP contribution in [0.5, 0.6) is 17.2 Å². The quantitative estimate of drug-likeness (QED) is 0.428. The van der Waals surface area contributed by atoms with Crippen LogP contribution < -0.4 is 14.8 Å². The van der Waals surface area contributed by atoms with E-state index in [2.05, 4.69) is 10.4 Å². The topological polar surface area (TPSA) is 94.9 Å². The third-order valence-corrected chi connectivity index (χ3v) is 5.74. The Hall–Kier alpha value is -4.06. The summed E-state index contributed by atoms with van der Waals surface area (Å²) in [5.41, 5.74) is -1.11. The third kappa shape index (κ3) is 6.43. The summed E-state index contributed by atoms with van der Waals surface area (Å²) >= 11 is 0. The fraction of sp³-hybridized carbons (Fsp3) is 0.346. The first-order valence-electron chi connectivity index (χ1n) is 11.8. The van der Waals surface area contributed by atoms with Crippen LogP contribution in [0, 0.1) is 0 Å². The number of amides is 2. The largest absolute Gasteiger partial charge is 0.488 e. The number of nitrogens with zero attached hydrogens (tertiary/aromatic N) is 3. The molecule has 1 aliphatic heterocycles. The zero-order chi connectivity index (χ0) is 27.4. The summed E-state index contributed by atoms with van der Waals surface area (Å²) in [5.74, 6) is -1.13. The summed E-state index contributed by atoms with van der Waals surface area (Å²) in [6, 6.07) is 8.89. The normalized spacial score (nSPS) is 14.0. The molecule has 0 radical (unpaired) electrons. The summed E-state index contributed by atoms with van der Waals surface area (Å²) in [7, 11) is 3.19. The molecule has 3 aromatic rings. The molecule has 1 atom stereocenters. The predicted octanol–water partition coefficient (Wildman–Crippen LogP) is 4.74. The van der Waals surface area contributed by atoms with Gasteiger partial charge in [-0.15, -0.1) is 0 Å². The molecule has 0 spiro atoms. The van der Waals surface area contributed by atoms with Gasteiger partial charge in [0.15, 0.2) is 5.82 Å². The number of hydrogen-bond donors (Lipinski definition) is 1. The molecule has 202 valence electrons. The Bertz CT molecular complexity index is 1320. The summed E-state index contributed by atoms with van der Waals surface area (Å²) < 4.78 is 59.9. The van der Waals surface area contributed by atoms with Gasteiger partial charge in [-0.2, -0.15) is 18.3 Å². The minimum absolute atomic E-state index is 0.0643. The van der Waals surface area contributed by atoms with E-state index >= 15 is 0 Å². The molecule has 0 bridgehead atoms. The predicted molar refractivity (Wildman–Crippen MR) is 132 cm³/mol. The molecule has 4 rings (SSSR count). The Morgan fingerprint density at radius 3 is 2.42 bits per heavy atom. The van der Waals surface area contributed by atoms with Crippen LogP contribution in [0.4, 0.5) is 19.0 Å². The SMILES string of the molecule is COC[C@H](C)Oc1cc(Oc2ccc(C(=O)N3CCC3)cc2C(F)(F)F)cc(C(=O)Nc2ccn(C)n2)c1. The van der Waals surface area contributed by atoms with Crippen LogP contribution in [0.25, 0.3) is 0 Å². The second-order valence-electron chi connectivity index (χ2n) is 8.86. The number of anilines is 1. The van der Waals surface area contributed by atoms with Gasteiger partial charge in [0, 0.05) is 56.7 Å². The fourth-order valence-corrected chi connectivity index (χ4v) is 3.80. The third-order valence-electron chi connectivity index (χ3n) is 5.74. The number of aryl methyl sites for hydroxylation is 1. The summed E-state index contributed by atoms with van der Waals surface area (Å²) in [6.45, 7) is 3.00. The van der Waals surface area contributed by atoms with Crippen LogP contribution in [-0.4, -0.2) is 59.4 Å². The number of halogens is 3. The molecule has 0 saturated carbocycles. The standard InChI is InChI=1S/C26H27F3N4O5/c1-16(15-36-3)37-19-11-18(24(34)30-23-7-10-32(2)31-23)12-20(14-19)38-22-6-5-17(13-21(22)26(27,28)29)25(35)33-8-4-9-33/h5-7,10-14,16H,4,8-9,15H2,1-3H3,(H,30,31,34)/t16-/m0/s1. The van der Waals surface area contributed by atoms with E-state index in [9.17, 15) is 22.8 Å². The summed E-state index contributed by atoms with van der Waals surface area (Å²) in [5, 5.41) is 6.72. The van der Waals surface area contributed by atoms with E-state index in [1.807, 2.05) is 0 Å². The second kappa shape index (κ2) is 11.1. The molecule has 1 N–H and O–H groups in total. The van der Waals surface area contributed by atoms with Gasteiger partial charge < -0.3 is 24.4 Å². The van der Waals surface area contributed by atoms with Crippen LogP contribution in [0.2, 0.25) is 0 Å². The van der Waals surface area contributed by atoms with Gasteiger partial charge in [0.1, 0.15) is 23.4 Å². The van der Waals surface area contributed by atoms with E-state index in [4.69, 9.17) is 14.2 Å². The van der Waals surface area contributed by atoms with Crippen molar-refractivity contribution in [2.75, 3.05) is 32.1 Å². The van der Waals surface area contributed by atoms with Crippen molar-refractivity contribution in [1.82, 2.24) is 14.7 Å². The van der Waals surface area contributed by atoms with Gasteiger partial charge >= 0.3 is 6.18 Å². The van der Waals surface area contributed by atoms with Crippen molar-refractivity contribution in [3.8, 4) is 17.2 Å². The van der Waals surface area contributed by atoms with Crippen LogP contribution in [-0.2, 0) is 18.0 Å². The molecule has 1 saturated heterocycles. The van der Waals surface area contributed by atoms with E-state index in [0.29, 0.717) is 18.9 Å². The Labute approximate surface area is 217 Å². The van der Waals surface area contributed by atoms with Crippen molar-refractivity contribution in [1.29, 1.82) is 0 Å². The van der Waals surface area contributed by atoms with Crippen molar-refractivity contribution in [3.05, 3.63) is 65.4 Å². The highest BCUT2D eigenvalue weighted by Crippen LogP contribution is 2.40. The van der Waals surface area contributed by atoms with E-state index in [0.717, 1.165) is 18.6 Å². The van der Waals surface area contributed by atoms with Crippen molar-refractivity contribution >= 4 is 17.6 Å². The molecule has 0 aliphatic carbocycles. The van der Waals surface area contributed by atoms with E-state index < -0.39 is 35.4 Å². The van der Waals surface area contributed by atoms with Crippen molar-refractivity contribution in [3.63, 3.8) is 0 Å². The van der Waals surface area contributed by atoms with Gasteiger partial charge in [-0.05, 0) is 43.7 Å². The molecule has 12 heteroatoms. The van der Waals surface area contributed by atoms with Crippen LogP contribution in [0.15, 0.2) is 48.7 Å². The molecule has 1 aliphatic rings. The van der Waals surface area contributed by atoms with Crippen LogP contribution in [0.1, 0.15) is 39.6 Å². The first-order valence-corrected chi connectivity index (χ1v) is 11.8. The lowest BCUT2D eigenvalue weighted by Gasteiger charge is -2.31. The Kier molecular flexibility index (Phi) is 7.91. The molecular formula is C26H27F3N4O5. The fourth-order valence-electron chi connectivity index (χ4n) is 3.80. The maximum Gasteiger partial charge on any atom is 0.420 e. The lowest BCUT2D eigenvalue weighted by atomic mass is 10.1. The average Bonchev–Trinajstić information content (AvgIpc) is 3.21. The van der Waals surface area contributed by atoms with Gasteiger partial charge in [0.05, 0.1) is 12.2 Å². The maximum atomic E-state index is 14.0. The molecule has 38 heavy (non-hydrogen) atoms. The number of carbonyl (C=O) groups is 2. The first kappa shape index (κ1) is 27.0. The molecule has 1 fully saturated rings. The zero-order valence-corrected chi connectivity index (χ0v) is 21.0. The zero-order valence-electron chi connectivity index (χ0n) is 21.0. The van der Waals surface area contributed by atoms with E-state index in [1.165, 1.54) is 41.0 Å². The number of hydrogen-bond acceptors (Lipinski definition) is 6. The van der Waals surface area contributed by atoms with Gasteiger partial charge in [0.2, 0.25) is 0 Å². The molecule has 2 aromatic carbocycles. The molecule has 9 nitrogen and oxygen atoms in total. The molecule has 2 heterocycles. The highest BCUT2D eigenvalue weighted by atomic mass is 19.4. The number of likely N-dealkylation sites (tertiary alicyclic amines) is 1. The number of aromatic nitrogens is 2. The van der Waals surface area contributed by atoms with Crippen LogP contribution in [0.3, 0.4) is 0 Å². The van der Waals surface area contributed by atoms with E-state index in [-0.39, 0.29) is 29.2 Å². The van der Waals surface area contributed by atoms with Crippen molar-refractivity contribution in [2.45, 2.75) is 25.6 Å². The van der Waals surface area contributed by atoms with Gasteiger partial charge in [-0.3, -0.25) is 14.3 Å². The maximum absolute atomic E-state index is 14.0. The minimum Gasteiger partial charge on any atom is -0.488 e. The molecule has 2 amide bonds. The van der Waals surface area contributed by atoms with Gasteiger partial charge in [-0.1, -0.05) is 0 Å². The highest BCUT2D eigenvalue weighted by Gasteiger charge is 2.36. The number of alkyl halides is 3. The lowest BCUT2D eigenvalue weighted by molar-refractivity contribution is -0.138. The number of methoxy groups -OCH3 is 1. The second-order valence-corrected chi connectivity index (χ2v) is 8.86. The highest BCUT2D eigenvalue weighted by molar-refractivity contribution is 6.04. The minimum atomic E-state index is -4.79. The Morgan fingerprint density at radius 1 is 1.08 bits per heavy atom. The number of benzene rings is 2.